The first-order chi connectivity index (χ1) is 20.1. The van der Waals surface area contributed by atoms with E-state index < -0.39 is 5.41 Å². The van der Waals surface area contributed by atoms with Gasteiger partial charge in [-0.2, -0.15) is 0 Å². The number of hydrogen-bond acceptors (Lipinski definition) is 6. The molecule has 2 saturated heterocycles. The molecule has 2 aromatic heterocycles. The Morgan fingerprint density at radius 1 is 1.02 bits per heavy atom. The predicted molar refractivity (Wildman–Crippen MR) is 165 cm³/mol. The highest BCUT2D eigenvalue weighted by atomic mass is 16.5. The second kappa shape index (κ2) is 10.9. The van der Waals surface area contributed by atoms with Crippen molar-refractivity contribution >= 4 is 34.4 Å². The lowest BCUT2D eigenvalue weighted by Gasteiger charge is -2.21. The van der Waals surface area contributed by atoms with Gasteiger partial charge in [0.2, 0.25) is 5.91 Å². The number of ether oxygens (including phenoxy) is 1. The molecule has 1 atom stereocenters. The number of fused-ring (bicyclic) bond motifs is 1. The monoisotopic (exact) mass is 566 g/mol. The minimum Gasteiger partial charge on any atom is -0.383 e. The van der Waals surface area contributed by atoms with E-state index in [-0.39, 0.29) is 17.9 Å². The first kappa shape index (κ1) is 27.9. The van der Waals surface area contributed by atoms with E-state index in [0.717, 1.165) is 77.8 Å². The number of likely N-dealkylation sites (tertiary alicyclic amines) is 1. The SMILES string of the molecule is Cn1c(-c2ccc(NC(=O)C(C)(C)C)cc2[C@H]2CCCO2)c(-c2ccc(C(=O)N3CCCC3)cc2)c2c(N)ncnc21. The topological polar surface area (TPSA) is 115 Å². The minimum atomic E-state index is -0.524. The zero-order chi connectivity index (χ0) is 29.6. The molecule has 2 fully saturated rings. The molecule has 2 aromatic carbocycles. The van der Waals surface area contributed by atoms with Crippen LogP contribution in [0, 0.1) is 5.41 Å². The number of carbonyl (C=O) groups excluding carboxylic acids is 2. The summed E-state index contributed by atoms with van der Waals surface area (Å²) < 4.78 is 8.23. The van der Waals surface area contributed by atoms with Crippen LogP contribution in [0.25, 0.3) is 33.4 Å². The predicted octanol–water partition coefficient (Wildman–Crippen LogP) is 5.96. The summed E-state index contributed by atoms with van der Waals surface area (Å²) in [5, 5.41) is 3.84. The van der Waals surface area contributed by atoms with Crippen LogP contribution in [0.1, 0.15) is 68.5 Å². The third kappa shape index (κ3) is 5.02. The van der Waals surface area contributed by atoms with Gasteiger partial charge < -0.3 is 25.3 Å². The van der Waals surface area contributed by atoms with Crippen molar-refractivity contribution in [1.82, 2.24) is 19.4 Å². The van der Waals surface area contributed by atoms with Crippen LogP contribution < -0.4 is 11.1 Å². The Morgan fingerprint density at radius 2 is 1.76 bits per heavy atom. The number of hydrogen-bond donors (Lipinski definition) is 2. The molecule has 218 valence electrons. The molecule has 4 heterocycles. The van der Waals surface area contributed by atoms with E-state index in [9.17, 15) is 9.59 Å². The standard InChI is InChI=1S/C33H38N6O3/c1-33(2,3)32(41)37-22-13-14-23(24(18-22)25-8-7-17-42-25)28-26(27-29(34)35-19-36-30(27)38(28)4)20-9-11-21(12-10-20)31(40)39-15-5-6-16-39/h9-14,18-19,25H,5-8,15-17H2,1-4H3,(H,37,41)(H2,34,35,36)/t25-/m1/s1. The van der Waals surface area contributed by atoms with E-state index in [1.165, 1.54) is 6.33 Å². The molecular weight excluding hydrogens is 528 g/mol. The molecule has 4 aromatic rings. The fourth-order valence-corrected chi connectivity index (χ4v) is 6.02. The van der Waals surface area contributed by atoms with Gasteiger partial charge in [-0.3, -0.25) is 9.59 Å². The lowest BCUT2D eigenvalue weighted by atomic mass is 9.91. The van der Waals surface area contributed by atoms with Crippen molar-refractivity contribution < 1.29 is 14.3 Å². The zero-order valence-electron chi connectivity index (χ0n) is 24.7. The van der Waals surface area contributed by atoms with Crippen LogP contribution >= 0.6 is 0 Å². The number of rotatable bonds is 5. The van der Waals surface area contributed by atoms with Gasteiger partial charge in [-0.15, -0.1) is 0 Å². The van der Waals surface area contributed by atoms with Gasteiger partial charge in [0.25, 0.3) is 5.91 Å². The van der Waals surface area contributed by atoms with Crippen LogP contribution in [0.2, 0.25) is 0 Å². The van der Waals surface area contributed by atoms with Crippen LogP contribution in [0.3, 0.4) is 0 Å². The molecule has 9 nitrogen and oxygen atoms in total. The second-order valence-corrected chi connectivity index (χ2v) is 12.3. The van der Waals surface area contributed by atoms with E-state index in [1.807, 2.05) is 79.8 Å². The van der Waals surface area contributed by atoms with Crippen molar-refractivity contribution in [3.63, 3.8) is 0 Å². The third-order valence-electron chi connectivity index (χ3n) is 8.33. The van der Waals surface area contributed by atoms with Crippen molar-refractivity contribution in [3.05, 3.63) is 59.9 Å². The number of aryl methyl sites for hydroxylation is 1. The van der Waals surface area contributed by atoms with E-state index in [2.05, 4.69) is 15.3 Å². The maximum absolute atomic E-state index is 13.1. The molecule has 9 heteroatoms. The van der Waals surface area contributed by atoms with Crippen LogP contribution in [0.4, 0.5) is 11.5 Å². The highest BCUT2D eigenvalue weighted by Gasteiger charge is 2.29. The van der Waals surface area contributed by atoms with Crippen molar-refractivity contribution in [2.24, 2.45) is 12.5 Å². The van der Waals surface area contributed by atoms with E-state index in [4.69, 9.17) is 10.5 Å². The molecule has 42 heavy (non-hydrogen) atoms. The number of carbonyl (C=O) groups is 2. The zero-order valence-corrected chi connectivity index (χ0v) is 24.7. The Balaban J connectivity index is 1.51. The maximum Gasteiger partial charge on any atom is 0.253 e. The minimum absolute atomic E-state index is 0.0505. The van der Waals surface area contributed by atoms with Crippen LogP contribution in [0.5, 0.6) is 0 Å². The molecule has 0 bridgehead atoms. The summed E-state index contributed by atoms with van der Waals surface area (Å²) in [4.78, 5) is 36.7. The van der Waals surface area contributed by atoms with Gasteiger partial charge in [0.15, 0.2) is 0 Å². The van der Waals surface area contributed by atoms with Crippen LogP contribution in [-0.2, 0) is 16.6 Å². The number of benzene rings is 2. The number of nitrogens with zero attached hydrogens (tertiary/aromatic N) is 4. The van der Waals surface area contributed by atoms with Gasteiger partial charge in [0.1, 0.15) is 17.8 Å². The summed E-state index contributed by atoms with van der Waals surface area (Å²) >= 11 is 0. The van der Waals surface area contributed by atoms with E-state index in [1.54, 1.807) is 0 Å². The molecule has 0 radical (unpaired) electrons. The number of amides is 2. The molecule has 2 aliphatic rings. The summed E-state index contributed by atoms with van der Waals surface area (Å²) in [7, 11) is 1.98. The Bertz CT molecular complexity index is 1660. The normalized spacial score (nSPS) is 17.2. The summed E-state index contributed by atoms with van der Waals surface area (Å²) in [5.41, 5.74) is 12.8. The van der Waals surface area contributed by atoms with Gasteiger partial charge >= 0.3 is 0 Å². The van der Waals surface area contributed by atoms with E-state index >= 15 is 0 Å². The average molecular weight is 567 g/mol. The second-order valence-electron chi connectivity index (χ2n) is 12.3. The van der Waals surface area contributed by atoms with Crippen molar-refractivity contribution in [3.8, 4) is 22.4 Å². The summed E-state index contributed by atoms with van der Waals surface area (Å²) in [6.45, 7) is 7.99. The van der Waals surface area contributed by atoms with Gasteiger partial charge in [0.05, 0.1) is 17.2 Å². The molecule has 2 aliphatic heterocycles. The van der Waals surface area contributed by atoms with Crippen molar-refractivity contribution in [2.45, 2.75) is 52.6 Å². The summed E-state index contributed by atoms with van der Waals surface area (Å²) in [5.74, 6) is 0.404. The lowest BCUT2D eigenvalue weighted by molar-refractivity contribution is -0.123. The molecule has 3 N–H and O–H groups in total. The highest BCUT2D eigenvalue weighted by Crippen LogP contribution is 2.45. The van der Waals surface area contributed by atoms with Crippen molar-refractivity contribution in [2.75, 3.05) is 30.7 Å². The quantitative estimate of drug-likeness (QED) is 0.308. The average Bonchev–Trinajstić information content (AvgIpc) is 3.75. The third-order valence-corrected chi connectivity index (χ3v) is 8.33. The largest absolute Gasteiger partial charge is 0.383 e. The number of anilines is 2. The fraction of sp³-hybridized carbons (Fsp3) is 0.394. The van der Waals surface area contributed by atoms with Gasteiger partial charge in [0, 0.05) is 54.5 Å². The molecular formula is C33H38N6O3. The molecule has 2 amide bonds. The van der Waals surface area contributed by atoms with Crippen LogP contribution in [-0.4, -0.2) is 50.9 Å². The van der Waals surface area contributed by atoms with Gasteiger partial charge in [-0.05, 0) is 61.1 Å². The molecule has 0 unspecified atom stereocenters. The molecule has 6 rings (SSSR count). The first-order valence-corrected chi connectivity index (χ1v) is 14.7. The number of aromatic nitrogens is 3. The summed E-state index contributed by atoms with van der Waals surface area (Å²) in [6, 6.07) is 13.8. The molecule has 0 saturated carbocycles. The Kier molecular flexibility index (Phi) is 7.22. The van der Waals surface area contributed by atoms with E-state index in [0.29, 0.717) is 23.6 Å². The molecule has 0 aliphatic carbocycles. The highest BCUT2D eigenvalue weighted by molar-refractivity contribution is 6.08. The number of nitrogens with two attached hydrogens (primary N) is 1. The van der Waals surface area contributed by atoms with Gasteiger partial charge in [-0.1, -0.05) is 39.0 Å². The fourth-order valence-electron chi connectivity index (χ4n) is 6.02. The molecule has 0 spiro atoms. The first-order valence-electron chi connectivity index (χ1n) is 14.7. The van der Waals surface area contributed by atoms with Crippen molar-refractivity contribution in [1.29, 1.82) is 0 Å². The Labute approximate surface area is 246 Å². The van der Waals surface area contributed by atoms with Crippen LogP contribution in [0.15, 0.2) is 48.8 Å². The number of nitrogen functional groups attached to an aromatic ring is 1. The lowest BCUT2D eigenvalue weighted by Crippen LogP contribution is -2.27. The number of nitrogens with one attached hydrogen (secondary N) is 1. The van der Waals surface area contributed by atoms with Gasteiger partial charge in [-0.25, -0.2) is 9.97 Å². The maximum atomic E-state index is 13.1. The Hall–Kier alpha value is -4.24. The smallest absolute Gasteiger partial charge is 0.253 e. The summed E-state index contributed by atoms with van der Waals surface area (Å²) in [6.07, 6.45) is 5.33. The Morgan fingerprint density at radius 3 is 2.43 bits per heavy atom.